The van der Waals surface area contributed by atoms with Crippen LogP contribution in [0.3, 0.4) is 0 Å². The van der Waals surface area contributed by atoms with E-state index in [4.69, 9.17) is 19.5 Å². The van der Waals surface area contributed by atoms with Crippen molar-refractivity contribution in [2.24, 2.45) is 9.98 Å². The Morgan fingerprint density at radius 3 is 1.39 bits per heavy atom. The fourth-order valence-electron chi connectivity index (χ4n) is 8.02. The fourth-order valence-corrected chi connectivity index (χ4v) is 8.02. The normalized spacial score (nSPS) is 18.1. The second-order valence-electron chi connectivity index (χ2n) is 15.6. The topological polar surface area (TPSA) is 43.2 Å². The molecule has 0 N–H and O–H groups in total. The SMILES string of the molecule is CC1(C)COC(c2ccc(-c3c4ccccc4c(-c4ccc(C5=NC(C)(C)CO5)cc4)c4cc5c(cc34)-c3ccccc3C5(C)C)cc2)=N1. The molecular formula is C45H40N2O2. The van der Waals surface area contributed by atoms with Crippen molar-refractivity contribution in [3.63, 3.8) is 0 Å². The Balaban J connectivity index is 1.30. The van der Waals surface area contributed by atoms with Gasteiger partial charge in [0.25, 0.3) is 0 Å². The van der Waals surface area contributed by atoms with Crippen LogP contribution in [-0.4, -0.2) is 36.1 Å². The van der Waals surface area contributed by atoms with Crippen molar-refractivity contribution in [2.75, 3.05) is 13.2 Å². The van der Waals surface area contributed by atoms with E-state index in [9.17, 15) is 0 Å². The standard InChI is InChI=1S/C45H40N2O2/c1-43(2)25-48-41(46-43)29-19-15-27(16-20-29)39-32-12-7-8-13-33(32)40(28-17-21-30(22-18-28)42-47-44(3,4)26-49-42)36-24-38-34(23-35(36)39)31-11-9-10-14-37(31)45(38,5)6/h7-24H,25-26H2,1-6H3. The number of hydrogen-bond donors (Lipinski definition) is 0. The number of fused-ring (bicyclic) bond motifs is 5. The lowest BCUT2D eigenvalue weighted by atomic mass is 9.79. The van der Waals surface area contributed by atoms with Gasteiger partial charge in [-0.05, 0) is 130 Å². The van der Waals surface area contributed by atoms with Crippen LogP contribution in [0.25, 0.3) is 54.9 Å². The summed E-state index contributed by atoms with van der Waals surface area (Å²) in [6.45, 7) is 14.4. The van der Waals surface area contributed by atoms with E-state index in [1.807, 2.05) is 0 Å². The van der Waals surface area contributed by atoms with Gasteiger partial charge in [0.1, 0.15) is 13.2 Å². The van der Waals surface area contributed by atoms with Crippen LogP contribution in [0.2, 0.25) is 0 Å². The summed E-state index contributed by atoms with van der Waals surface area (Å²) in [4.78, 5) is 9.66. The molecule has 0 bridgehead atoms. The molecule has 0 radical (unpaired) electrons. The maximum absolute atomic E-state index is 5.99. The molecule has 0 saturated carbocycles. The van der Waals surface area contributed by atoms with E-state index in [2.05, 4.69) is 151 Å². The van der Waals surface area contributed by atoms with Gasteiger partial charge in [0.2, 0.25) is 11.8 Å². The number of ether oxygens (including phenoxy) is 2. The smallest absolute Gasteiger partial charge is 0.216 e. The number of rotatable bonds is 4. The molecule has 0 spiro atoms. The summed E-state index contributed by atoms with van der Waals surface area (Å²) in [6.07, 6.45) is 0. The van der Waals surface area contributed by atoms with E-state index in [0.717, 1.165) is 22.9 Å². The molecule has 0 aromatic heterocycles. The molecule has 9 rings (SSSR count). The summed E-state index contributed by atoms with van der Waals surface area (Å²) in [5.74, 6) is 1.44. The number of nitrogens with zero attached hydrogens (tertiary/aromatic N) is 2. The third kappa shape index (κ3) is 4.72. The Labute approximate surface area is 288 Å². The molecule has 0 atom stereocenters. The van der Waals surface area contributed by atoms with Crippen LogP contribution in [-0.2, 0) is 14.9 Å². The molecule has 3 aliphatic rings. The number of aliphatic imine (C=N–C) groups is 2. The van der Waals surface area contributed by atoms with Crippen LogP contribution in [0.5, 0.6) is 0 Å². The van der Waals surface area contributed by atoms with Crippen LogP contribution < -0.4 is 0 Å². The minimum Gasteiger partial charge on any atom is -0.475 e. The summed E-state index contributed by atoms with van der Waals surface area (Å²) >= 11 is 0. The van der Waals surface area contributed by atoms with Crippen molar-refractivity contribution in [3.05, 3.63) is 131 Å². The highest BCUT2D eigenvalue weighted by Crippen LogP contribution is 2.53. The van der Waals surface area contributed by atoms with Crippen LogP contribution in [0.4, 0.5) is 0 Å². The zero-order valence-electron chi connectivity index (χ0n) is 29.0. The Morgan fingerprint density at radius 1 is 0.449 bits per heavy atom. The van der Waals surface area contributed by atoms with Crippen molar-refractivity contribution in [1.29, 1.82) is 0 Å². The predicted molar refractivity (Wildman–Crippen MR) is 203 cm³/mol. The summed E-state index contributed by atoms with van der Waals surface area (Å²) in [5, 5.41) is 4.97. The molecule has 1 aliphatic carbocycles. The molecule has 6 aromatic rings. The first-order valence-corrected chi connectivity index (χ1v) is 17.3. The van der Waals surface area contributed by atoms with Gasteiger partial charge in [-0.25, -0.2) is 9.98 Å². The highest BCUT2D eigenvalue weighted by Gasteiger charge is 2.36. The monoisotopic (exact) mass is 640 g/mol. The van der Waals surface area contributed by atoms with E-state index in [1.165, 1.54) is 66.1 Å². The van der Waals surface area contributed by atoms with E-state index in [-0.39, 0.29) is 16.5 Å². The molecule has 0 saturated heterocycles. The summed E-state index contributed by atoms with van der Waals surface area (Å²) < 4.78 is 12.0. The first-order chi connectivity index (χ1) is 23.5. The van der Waals surface area contributed by atoms with Gasteiger partial charge in [0.05, 0.1) is 11.1 Å². The quantitative estimate of drug-likeness (QED) is 0.180. The maximum atomic E-state index is 5.99. The van der Waals surface area contributed by atoms with Gasteiger partial charge >= 0.3 is 0 Å². The Morgan fingerprint density at radius 2 is 0.898 bits per heavy atom. The molecular weight excluding hydrogens is 601 g/mol. The van der Waals surface area contributed by atoms with E-state index in [0.29, 0.717) is 13.2 Å². The summed E-state index contributed by atoms with van der Waals surface area (Å²) in [5.41, 5.74) is 11.7. The molecule has 0 amide bonds. The molecule has 0 fully saturated rings. The third-order valence-electron chi connectivity index (χ3n) is 10.5. The minimum atomic E-state index is -0.201. The predicted octanol–water partition coefficient (Wildman–Crippen LogP) is 10.7. The highest BCUT2D eigenvalue weighted by molar-refractivity contribution is 6.22. The van der Waals surface area contributed by atoms with Crippen molar-refractivity contribution in [2.45, 2.75) is 58.0 Å². The average molecular weight is 641 g/mol. The molecule has 242 valence electrons. The van der Waals surface area contributed by atoms with Gasteiger partial charge in [0.15, 0.2) is 0 Å². The second kappa shape index (κ2) is 10.4. The van der Waals surface area contributed by atoms with E-state index >= 15 is 0 Å². The molecule has 2 heterocycles. The van der Waals surface area contributed by atoms with Gasteiger partial charge in [-0.1, -0.05) is 86.6 Å². The van der Waals surface area contributed by atoms with Gasteiger partial charge in [-0.15, -0.1) is 0 Å². The lowest BCUT2D eigenvalue weighted by Crippen LogP contribution is -2.17. The number of hydrogen-bond acceptors (Lipinski definition) is 4. The average Bonchev–Trinajstić information content (AvgIpc) is 3.73. The molecule has 6 aromatic carbocycles. The van der Waals surface area contributed by atoms with Crippen molar-refractivity contribution in [3.8, 4) is 33.4 Å². The highest BCUT2D eigenvalue weighted by atomic mass is 16.5. The Hall–Kier alpha value is -5.22. The Bertz CT molecular complexity index is 2390. The van der Waals surface area contributed by atoms with Crippen LogP contribution in [0.1, 0.15) is 63.8 Å². The Kier molecular flexibility index (Phi) is 6.34. The van der Waals surface area contributed by atoms with E-state index in [1.54, 1.807) is 0 Å². The second-order valence-corrected chi connectivity index (χ2v) is 15.6. The molecule has 4 heteroatoms. The van der Waals surface area contributed by atoms with Gasteiger partial charge < -0.3 is 9.47 Å². The van der Waals surface area contributed by atoms with E-state index < -0.39 is 0 Å². The lowest BCUT2D eigenvalue weighted by Gasteiger charge is -2.24. The molecule has 49 heavy (non-hydrogen) atoms. The van der Waals surface area contributed by atoms with Crippen LogP contribution in [0.15, 0.2) is 119 Å². The van der Waals surface area contributed by atoms with Crippen molar-refractivity contribution < 1.29 is 9.47 Å². The van der Waals surface area contributed by atoms with Crippen LogP contribution >= 0.6 is 0 Å². The zero-order chi connectivity index (χ0) is 33.7. The molecule has 0 unspecified atom stereocenters. The third-order valence-corrected chi connectivity index (χ3v) is 10.5. The van der Waals surface area contributed by atoms with Crippen molar-refractivity contribution in [1.82, 2.24) is 0 Å². The summed E-state index contributed by atoms with van der Waals surface area (Å²) in [6, 6.07) is 40.3. The number of benzene rings is 6. The maximum Gasteiger partial charge on any atom is 0.216 e. The fraction of sp³-hybridized carbons (Fsp3) is 0.244. The molecule has 2 aliphatic heterocycles. The summed E-state index contributed by atoms with van der Waals surface area (Å²) in [7, 11) is 0. The van der Waals surface area contributed by atoms with Crippen molar-refractivity contribution >= 4 is 33.3 Å². The first kappa shape index (κ1) is 29.9. The minimum absolute atomic E-state index is 0.116. The van der Waals surface area contributed by atoms with Gasteiger partial charge in [-0.2, -0.15) is 0 Å². The zero-order valence-corrected chi connectivity index (χ0v) is 29.0. The first-order valence-electron chi connectivity index (χ1n) is 17.3. The van der Waals surface area contributed by atoms with Crippen LogP contribution in [0, 0.1) is 0 Å². The van der Waals surface area contributed by atoms with Gasteiger partial charge in [-0.3, -0.25) is 0 Å². The molecule has 4 nitrogen and oxygen atoms in total. The lowest BCUT2D eigenvalue weighted by molar-refractivity contribution is 0.279. The largest absolute Gasteiger partial charge is 0.475 e. The van der Waals surface area contributed by atoms with Gasteiger partial charge in [0, 0.05) is 16.5 Å².